The number of carbonyl (C=O) groups is 1. The Hall–Kier alpha value is -2.24. The minimum Gasteiger partial charge on any atom is -0.400 e. The molecule has 1 aliphatic rings. The Morgan fingerprint density at radius 1 is 1.33 bits per heavy atom. The highest BCUT2D eigenvalue weighted by Crippen LogP contribution is 2.35. The van der Waals surface area contributed by atoms with Gasteiger partial charge in [0.25, 0.3) is 0 Å². The summed E-state index contributed by atoms with van der Waals surface area (Å²) in [4.78, 5) is 15.3. The molecule has 1 fully saturated rings. The summed E-state index contributed by atoms with van der Waals surface area (Å²) in [5.41, 5.74) is 2.20. The maximum absolute atomic E-state index is 11.0. The Morgan fingerprint density at radius 3 is 2.54 bits per heavy atom. The number of para-hydroxylation sites is 1. The van der Waals surface area contributed by atoms with E-state index in [4.69, 9.17) is 22.1 Å². The second kappa shape index (κ2) is 8.57. The van der Waals surface area contributed by atoms with Crippen LogP contribution in [-0.2, 0) is 0 Å². The van der Waals surface area contributed by atoms with Crippen LogP contribution in [0, 0.1) is 11.3 Å². The van der Waals surface area contributed by atoms with Crippen molar-refractivity contribution in [2.45, 2.75) is 19.3 Å². The zero-order valence-corrected chi connectivity index (χ0v) is 14.2. The molecule has 1 saturated carbocycles. The first kappa shape index (κ1) is 18.1. The lowest BCUT2D eigenvalue weighted by atomic mass is 9.79. The molecule has 0 aliphatic heterocycles. The number of halogens is 1. The maximum Gasteiger partial charge on any atom is 0.168 e. The molecule has 0 radical (unpaired) electrons. The number of anilines is 2. The third-order valence-electron chi connectivity index (χ3n) is 3.93. The molecule has 5 nitrogen and oxygen atoms in total. The van der Waals surface area contributed by atoms with Crippen LogP contribution in [-0.4, -0.2) is 29.2 Å². The normalized spacial score (nSPS) is 13.3. The van der Waals surface area contributed by atoms with Crippen molar-refractivity contribution < 1.29 is 9.90 Å². The molecule has 1 aromatic carbocycles. The molecule has 3 N–H and O–H groups in total. The first-order valence-electron chi connectivity index (χ1n) is 7.70. The van der Waals surface area contributed by atoms with Crippen LogP contribution in [0.4, 0.5) is 11.5 Å². The number of aldehydes is 1. The predicted octanol–water partition coefficient (Wildman–Crippen LogP) is 4.07. The highest BCUT2D eigenvalue weighted by atomic mass is 35.5. The second-order valence-corrected chi connectivity index (χ2v) is 5.81. The minimum absolute atomic E-state index is 0.234. The summed E-state index contributed by atoms with van der Waals surface area (Å²) in [6, 6.07) is 11.1. The molecular weight excluding hydrogens is 326 g/mol. The van der Waals surface area contributed by atoms with E-state index in [1.165, 1.54) is 6.07 Å². The van der Waals surface area contributed by atoms with Gasteiger partial charge >= 0.3 is 0 Å². The zero-order valence-electron chi connectivity index (χ0n) is 13.4. The van der Waals surface area contributed by atoms with Gasteiger partial charge in [-0.3, -0.25) is 4.79 Å². The lowest BCUT2D eigenvalue weighted by Crippen LogP contribution is -2.23. The second-order valence-electron chi connectivity index (χ2n) is 5.40. The Morgan fingerprint density at radius 2 is 2.00 bits per heavy atom. The monoisotopic (exact) mass is 345 g/mol. The summed E-state index contributed by atoms with van der Waals surface area (Å²) in [7, 11) is 1.00. The van der Waals surface area contributed by atoms with Crippen molar-refractivity contribution in [3.05, 3.63) is 52.7 Å². The van der Waals surface area contributed by atoms with E-state index in [-0.39, 0.29) is 11.6 Å². The summed E-state index contributed by atoms with van der Waals surface area (Å²) in [6.07, 6.45) is 3.83. The topological polar surface area (TPSA) is 86.1 Å². The van der Waals surface area contributed by atoms with E-state index in [1.807, 2.05) is 30.3 Å². The molecule has 0 saturated heterocycles. The predicted molar refractivity (Wildman–Crippen MR) is 96.7 cm³/mol. The molecule has 6 heteroatoms. The largest absolute Gasteiger partial charge is 0.400 e. The van der Waals surface area contributed by atoms with Gasteiger partial charge in [-0.05, 0) is 31.0 Å². The first-order valence-corrected chi connectivity index (χ1v) is 8.08. The molecule has 0 bridgehead atoms. The fourth-order valence-electron chi connectivity index (χ4n) is 2.50. The van der Waals surface area contributed by atoms with E-state index in [9.17, 15) is 4.79 Å². The fourth-order valence-corrected chi connectivity index (χ4v) is 2.80. The average molecular weight is 346 g/mol. The number of carbonyl (C=O) groups excluding carboxylic acids is 1. The van der Waals surface area contributed by atoms with Crippen LogP contribution in [0.2, 0.25) is 5.02 Å². The molecule has 2 aromatic rings. The summed E-state index contributed by atoms with van der Waals surface area (Å²) in [5, 5.41) is 19.0. The van der Waals surface area contributed by atoms with E-state index >= 15 is 0 Å². The Labute approximate surface area is 146 Å². The van der Waals surface area contributed by atoms with E-state index in [0.29, 0.717) is 28.4 Å². The molecular formula is C18H20ClN3O2. The highest BCUT2D eigenvalue weighted by Gasteiger charge is 2.27. The smallest absolute Gasteiger partial charge is 0.168 e. The van der Waals surface area contributed by atoms with Gasteiger partial charge in [-0.15, -0.1) is 0 Å². The van der Waals surface area contributed by atoms with Crippen LogP contribution in [0.5, 0.6) is 0 Å². The average Bonchev–Trinajstić information content (AvgIpc) is 2.55. The van der Waals surface area contributed by atoms with Gasteiger partial charge in [0.1, 0.15) is 11.5 Å². The van der Waals surface area contributed by atoms with E-state index in [1.54, 1.807) is 0 Å². The number of pyridine rings is 1. The number of aliphatic hydroxyl groups excluding tert-OH is 1. The van der Waals surface area contributed by atoms with E-state index < -0.39 is 0 Å². The van der Waals surface area contributed by atoms with Crippen molar-refractivity contribution in [1.82, 2.24) is 4.98 Å². The quantitative estimate of drug-likeness (QED) is 0.563. The molecule has 0 unspecified atom stereocenters. The van der Waals surface area contributed by atoms with Crippen molar-refractivity contribution in [2.24, 2.45) is 5.92 Å². The number of nitrogens with zero attached hydrogens (tertiary/aromatic N) is 1. The van der Waals surface area contributed by atoms with Gasteiger partial charge in [0.2, 0.25) is 0 Å². The van der Waals surface area contributed by atoms with Gasteiger partial charge < -0.3 is 15.8 Å². The van der Waals surface area contributed by atoms with Gasteiger partial charge in [0.05, 0.1) is 10.6 Å². The fraction of sp³-hybridized carbons (Fsp3) is 0.278. The van der Waals surface area contributed by atoms with Crippen molar-refractivity contribution in [3.63, 3.8) is 0 Å². The van der Waals surface area contributed by atoms with Crippen LogP contribution >= 0.6 is 11.6 Å². The third-order valence-corrected chi connectivity index (χ3v) is 4.23. The maximum atomic E-state index is 11.0. The van der Waals surface area contributed by atoms with Gasteiger partial charge in [-0.25, -0.2) is 4.98 Å². The van der Waals surface area contributed by atoms with Crippen LogP contribution < -0.4 is 5.32 Å². The van der Waals surface area contributed by atoms with E-state index in [0.717, 1.165) is 32.1 Å². The van der Waals surface area contributed by atoms with Crippen LogP contribution in [0.25, 0.3) is 0 Å². The molecule has 0 spiro atoms. The molecule has 0 amide bonds. The summed E-state index contributed by atoms with van der Waals surface area (Å²) < 4.78 is 0. The number of aliphatic hydroxyl groups is 1. The Balaban J connectivity index is 0.00000100. The molecule has 1 heterocycles. The molecule has 24 heavy (non-hydrogen) atoms. The number of hydrogen-bond donors (Lipinski definition) is 3. The van der Waals surface area contributed by atoms with Gasteiger partial charge in [0.15, 0.2) is 6.29 Å². The lowest BCUT2D eigenvalue weighted by molar-refractivity contribution is 0.111. The number of nitrogens with one attached hydrogen (secondary N) is 2. The first-order chi connectivity index (χ1) is 11.7. The van der Waals surface area contributed by atoms with Crippen molar-refractivity contribution in [2.75, 3.05) is 12.4 Å². The van der Waals surface area contributed by atoms with E-state index in [2.05, 4.69) is 10.3 Å². The number of rotatable bonds is 5. The van der Waals surface area contributed by atoms with Gasteiger partial charge in [-0.2, -0.15) is 0 Å². The van der Waals surface area contributed by atoms with Crippen LogP contribution in [0.3, 0.4) is 0 Å². The standard InChI is InChI=1S/C17H16ClN3O.CH4O/c18-14-9-13(10-22)21-17(20-12-7-2-1-3-8-12)15(14)16(19)11-5-4-6-11;1-2/h1-3,7-11,19H,4-6H2,(H,20,21);2H,1H3. The van der Waals surface area contributed by atoms with Crippen LogP contribution in [0.1, 0.15) is 35.3 Å². The zero-order chi connectivity index (χ0) is 17.5. The highest BCUT2D eigenvalue weighted by molar-refractivity contribution is 6.35. The minimum atomic E-state index is 0.234. The molecule has 126 valence electrons. The number of aromatic nitrogens is 1. The molecule has 1 aromatic heterocycles. The number of benzene rings is 1. The van der Waals surface area contributed by atoms with Crippen molar-refractivity contribution in [1.29, 1.82) is 5.41 Å². The Kier molecular flexibility index (Phi) is 6.46. The van der Waals surface area contributed by atoms with Crippen molar-refractivity contribution in [3.8, 4) is 0 Å². The lowest BCUT2D eigenvalue weighted by Gasteiger charge is -2.27. The molecule has 0 atom stereocenters. The molecule has 3 rings (SSSR count). The molecule has 1 aliphatic carbocycles. The third kappa shape index (κ3) is 3.99. The van der Waals surface area contributed by atoms with Crippen LogP contribution in [0.15, 0.2) is 36.4 Å². The van der Waals surface area contributed by atoms with Crippen molar-refractivity contribution >= 4 is 35.1 Å². The summed E-state index contributed by atoms with van der Waals surface area (Å²) in [6.45, 7) is 0. The summed E-state index contributed by atoms with van der Waals surface area (Å²) in [5.74, 6) is 0.704. The Bertz CT molecular complexity index is 716. The number of hydrogen-bond acceptors (Lipinski definition) is 5. The SMILES string of the molecule is CO.N=C(c1c(Cl)cc(C=O)nc1Nc1ccccc1)C1CCC1. The van der Waals surface area contributed by atoms with Gasteiger partial charge in [0, 0.05) is 24.4 Å². The summed E-state index contributed by atoms with van der Waals surface area (Å²) >= 11 is 6.32. The van der Waals surface area contributed by atoms with Gasteiger partial charge in [-0.1, -0.05) is 36.2 Å².